The van der Waals surface area contributed by atoms with E-state index in [-0.39, 0.29) is 23.8 Å². The number of aliphatic carboxylic acids is 1. The molecule has 0 aromatic rings. The second-order valence-corrected chi connectivity index (χ2v) is 5.02. The molecule has 6 heteroatoms. The van der Waals surface area contributed by atoms with Gasteiger partial charge < -0.3 is 21.3 Å². The number of carbonyl (C=O) groups excluding carboxylic acids is 1. The number of hydrogen-bond acceptors (Lipinski definition) is 4. The fourth-order valence-electron chi connectivity index (χ4n) is 3.18. The maximum atomic E-state index is 12.0. The van der Waals surface area contributed by atoms with E-state index in [9.17, 15) is 9.59 Å². The van der Waals surface area contributed by atoms with Gasteiger partial charge in [-0.3, -0.25) is 4.79 Å². The minimum Gasteiger partial charge on any atom is -0.480 e. The first kappa shape index (κ1) is 12.3. The summed E-state index contributed by atoms with van der Waals surface area (Å²) in [4.78, 5) is 22.7. The molecule has 2 aliphatic carbocycles. The lowest BCUT2D eigenvalue weighted by Crippen LogP contribution is -2.51. The average Bonchev–Trinajstić information content (AvgIpc) is 2.85. The van der Waals surface area contributed by atoms with E-state index in [1.54, 1.807) is 0 Å². The lowest BCUT2D eigenvalue weighted by Gasteiger charge is -2.27. The molecule has 0 aliphatic heterocycles. The average molecular weight is 242 g/mol. The Hall–Kier alpha value is -1.14. The first-order chi connectivity index (χ1) is 8.04. The first-order valence-corrected chi connectivity index (χ1v) is 5.94. The molecule has 0 radical (unpaired) electrons. The first-order valence-electron chi connectivity index (χ1n) is 5.94. The van der Waals surface area contributed by atoms with E-state index in [1.807, 2.05) is 0 Å². The fourth-order valence-corrected chi connectivity index (χ4v) is 3.18. The van der Waals surface area contributed by atoms with Crippen LogP contribution in [-0.4, -0.2) is 40.8 Å². The van der Waals surface area contributed by atoms with Crippen molar-refractivity contribution in [2.24, 2.45) is 23.5 Å². The molecule has 2 bridgehead atoms. The smallest absolute Gasteiger partial charge is 0.328 e. The molecule has 1 amide bonds. The number of aliphatic hydroxyl groups excluding tert-OH is 1. The number of aliphatic hydroxyl groups is 1. The molecule has 2 aliphatic rings. The molecule has 5 atom stereocenters. The Bertz CT molecular complexity index is 331. The highest BCUT2D eigenvalue weighted by Gasteiger charge is 2.49. The largest absolute Gasteiger partial charge is 0.480 e. The summed E-state index contributed by atoms with van der Waals surface area (Å²) in [5.41, 5.74) is 5.99. The molecule has 0 aromatic carbocycles. The van der Waals surface area contributed by atoms with Crippen LogP contribution in [0.1, 0.15) is 19.3 Å². The lowest BCUT2D eigenvalue weighted by molar-refractivity contribution is -0.144. The van der Waals surface area contributed by atoms with E-state index in [2.05, 4.69) is 5.32 Å². The molecule has 0 spiro atoms. The van der Waals surface area contributed by atoms with Gasteiger partial charge in [-0.05, 0) is 31.1 Å². The topological polar surface area (TPSA) is 113 Å². The van der Waals surface area contributed by atoms with Crippen molar-refractivity contribution < 1.29 is 19.8 Å². The SMILES string of the molecule is NC1C2CCC(C2)C1C(=O)N[C@@H](CO)C(=O)O. The van der Waals surface area contributed by atoms with Crippen molar-refractivity contribution in [3.05, 3.63) is 0 Å². The van der Waals surface area contributed by atoms with Gasteiger partial charge in [0.1, 0.15) is 6.04 Å². The second kappa shape index (κ2) is 4.62. The number of nitrogens with one attached hydrogen (secondary N) is 1. The molecule has 4 unspecified atom stereocenters. The highest BCUT2D eigenvalue weighted by molar-refractivity contribution is 5.86. The number of nitrogens with two attached hydrogens (primary N) is 1. The summed E-state index contributed by atoms with van der Waals surface area (Å²) in [7, 11) is 0. The molecule has 2 saturated carbocycles. The van der Waals surface area contributed by atoms with Crippen molar-refractivity contribution in [3.63, 3.8) is 0 Å². The number of carboxylic acids is 1. The normalized spacial score (nSPS) is 36.8. The van der Waals surface area contributed by atoms with Crippen LogP contribution in [0.25, 0.3) is 0 Å². The predicted molar refractivity (Wildman–Crippen MR) is 58.9 cm³/mol. The van der Waals surface area contributed by atoms with Crippen molar-refractivity contribution in [2.75, 3.05) is 6.61 Å². The van der Waals surface area contributed by atoms with Crippen LogP contribution in [0.3, 0.4) is 0 Å². The number of carbonyl (C=O) groups is 2. The maximum Gasteiger partial charge on any atom is 0.328 e. The van der Waals surface area contributed by atoms with Gasteiger partial charge in [0.25, 0.3) is 0 Å². The molecule has 0 saturated heterocycles. The van der Waals surface area contributed by atoms with Gasteiger partial charge in [-0.15, -0.1) is 0 Å². The molecule has 96 valence electrons. The van der Waals surface area contributed by atoms with Crippen LogP contribution in [0.4, 0.5) is 0 Å². The third-order valence-electron chi connectivity index (χ3n) is 4.08. The van der Waals surface area contributed by atoms with Crippen LogP contribution in [0.15, 0.2) is 0 Å². The number of fused-ring (bicyclic) bond motifs is 2. The van der Waals surface area contributed by atoms with Crippen LogP contribution in [0.2, 0.25) is 0 Å². The van der Waals surface area contributed by atoms with Gasteiger partial charge in [0, 0.05) is 6.04 Å². The quantitative estimate of drug-likeness (QED) is 0.501. The van der Waals surface area contributed by atoms with Gasteiger partial charge in [-0.2, -0.15) is 0 Å². The molecule has 17 heavy (non-hydrogen) atoms. The summed E-state index contributed by atoms with van der Waals surface area (Å²) >= 11 is 0. The zero-order valence-electron chi connectivity index (χ0n) is 9.50. The highest BCUT2D eigenvalue weighted by Crippen LogP contribution is 2.47. The van der Waals surface area contributed by atoms with E-state index in [0.29, 0.717) is 5.92 Å². The van der Waals surface area contributed by atoms with Gasteiger partial charge in [-0.1, -0.05) is 0 Å². The molecule has 5 N–H and O–H groups in total. The molecular formula is C11H18N2O4. The monoisotopic (exact) mass is 242 g/mol. The molecule has 2 rings (SSSR count). The third kappa shape index (κ3) is 2.14. The van der Waals surface area contributed by atoms with Crippen LogP contribution < -0.4 is 11.1 Å². The van der Waals surface area contributed by atoms with Crippen molar-refractivity contribution in [1.82, 2.24) is 5.32 Å². The third-order valence-corrected chi connectivity index (χ3v) is 4.08. The lowest BCUT2D eigenvalue weighted by atomic mass is 9.84. The summed E-state index contributed by atoms with van der Waals surface area (Å²) in [6.07, 6.45) is 3.03. The number of hydrogen-bond donors (Lipinski definition) is 4. The molecule has 0 heterocycles. The van der Waals surface area contributed by atoms with Crippen LogP contribution >= 0.6 is 0 Å². The molecule has 2 fully saturated rings. The molecule has 0 aromatic heterocycles. The van der Waals surface area contributed by atoms with Crippen molar-refractivity contribution in [1.29, 1.82) is 0 Å². The Morgan fingerprint density at radius 3 is 2.47 bits per heavy atom. The highest BCUT2D eigenvalue weighted by atomic mass is 16.4. The summed E-state index contributed by atoms with van der Waals surface area (Å²) in [6.45, 7) is -0.600. The van der Waals surface area contributed by atoms with Gasteiger partial charge >= 0.3 is 5.97 Å². The van der Waals surface area contributed by atoms with Crippen LogP contribution in [-0.2, 0) is 9.59 Å². The van der Waals surface area contributed by atoms with Gasteiger partial charge in [0.05, 0.1) is 12.5 Å². The number of amides is 1. The maximum absolute atomic E-state index is 12.0. The van der Waals surface area contributed by atoms with Crippen LogP contribution in [0, 0.1) is 17.8 Å². The van der Waals surface area contributed by atoms with E-state index in [0.717, 1.165) is 19.3 Å². The minimum absolute atomic E-state index is 0.165. The fraction of sp³-hybridized carbons (Fsp3) is 0.818. The summed E-state index contributed by atoms with van der Waals surface area (Å²) in [6, 6.07) is -1.39. The standard InChI is InChI=1S/C11H18N2O4/c12-9-6-2-1-5(3-6)8(9)10(15)13-7(4-14)11(16)17/h5-9,14H,1-4,12H2,(H,13,15)(H,16,17)/t5?,6?,7-,8?,9?/m0/s1. The summed E-state index contributed by atoms with van der Waals surface area (Å²) in [5.74, 6) is -1.16. The molecule has 6 nitrogen and oxygen atoms in total. The zero-order chi connectivity index (χ0) is 12.6. The summed E-state index contributed by atoms with van der Waals surface area (Å²) < 4.78 is 0. The van der Waals surface area contributed by atoms with Crippen molar-refractivity contribution in [3.8, 4) is 0 Å². The van der Waals surface area contributed by atoms with E-state index >= 15 is 0 Å². The number of carboxylic acid groups (broad SMARTS) is 1. The van der Waals surface area contributed by atoms with Gasteiger partial charge in [0.2, 0.25) is 5.91 Å². The van der Waals surface area contributed by atoms with Crippen LogP contribution in [0.5, 0.6) is 0 Å². The Balaban J connectivity index is 1.98. The Labute approximate surface area is 99.2 Å². The Morgan fingerprint density at radius 2 is 2.00 bits per heavy atom. The summed E-state index contributed by atoms with van der Waals surface area (Å²) in [5, 5.41) is 20.0. The van der Waals surface area contributed by atoms with E-state index in [1.165, 1.54) is 0 Å². The minimum atomic E-state index is -1.23. The zero-order valence-corrected chi connectivity index (χ0v) is 9.50. The Morgan fingerprint density at radius 1 is 1.35 bits per heavy atom. The Kier molecular flexibility index (Phi) is 3.35. The van der Waals surface area contributed by atoms with E-state index < -0.39 is 18.6 Å². The van der Waals surface area contributed by atoms with Gasteiger partial charge in [0.15, 0.2) is 0 Å². The predicted octanol–water partition coefficient (Wildman–Crippen LogP) is -1.08. The van der Waals surface area contributed by atoms with Crippen molar-refractivity contribution >= 4 is 11.9 Å². The van der Waals surface area contributed by atoms with Crippen molar-refractivity contribution in [2.45, 2.75) is 31.3 Å². The number of rotatable bonds is 4. The van der Waals surface area contributed by atoms with E-state index in [4.69, 9.17) is 15.9 Å². The van der Waals surface area contributed by atoms with Gasteiger partial charge in [-0.25, -0.2) is 4.79 Å². The molecular weight excluding hydrogens is 224 g/mol. The second-order valence-electron chi connectivity index (χ2n) is 5.02.